The largest absolute Gasteiger partial charge is 0.462 e. The molecule has 0 unspecified atom stereocenters. The van der Waals surface area contributed by atoms with Crippen LogP contribution in [0.2, 0.25) is 5.02 Å². The van der Waals surface area contributed by atoms with Crippen molar-refractivity contribution in [2.45, 2.75) is 59.5 Å². The van der Waals surface area contributed by atoms with Gasteiger partial charge in [-0.05, 0) is 74.1 Å². The fraction of sp³-hybridized carbons (Fsp3) is 0.440. The average molecular weight is 463 g/mol. The number of esters is 1. The predicted octanol–water partition coefficient (Wildman–Crippen LogP) is 5.62. The van der Waals surface area contributed by atoms with Crippen LogP contribution in [0.5, 0.6) is 0 Å². The minimum absolute atomic E-state index is 0.0142. The molecule has 0 bridgehead atoms. The van der Waals surface area contributed by atoms with Gasteiger partial charge in [-0.1, -0.05) is 38.4 Å². The van der Waals surface area contributed by atoms with Crippen molar-refractivity contribution in [3.05, 3.63) is 64.4 Å². The van der Waals surface area contributed by atoms with Gasteiger partial charge in [0.05, 0.1) is 18.2 Å². The Hall–Kier alpha value is -2.44. The van der Waals surface area contributed by atoms with Gasteiger partial charge >= 0.3 is 5.97 Å². The molecule has 2 rings (SSSR count). The lowest BCUT2D eigenvalue weighted by Crippen LogP contribution is -2.46. The maximum absolute atomic E-state index is 14.3. The highest BCUT2D eigenvalue weighted by atomic mass is 35.5. The third-order valence-corrected chi connectivity index (χ3v) is 5.12. The third-order valence-electron chi connectivity index (χ3n) is 4.88. The van der Waals surface area contributed by atoms with E-state index >= 15 is 0 Å². The Bertz CT molecular complexity index is 926. The second-order valence-corrected chi connectivity index (χ2v) is 9.51. The number of nitrogens with one attached hydrogen (secondary N) is 2. The zero-order valence-corrected chi connectivity index (χ0v) is 20.1. The van der Waals surface area contributed by atoms with Crippen molar-refractivity contribution in [2.75, 3.05) is 11.9 Å². The van der Waals surface area contributed by atoms with Crippen molar-refractivity contribution in [2.24, 2.45) is 5.41 Å². The van der Waals surface area contributed by atoms with E-state index in [4.69, 9.17) is 16.3 Å². The lowest BCUT2D eigenvalue weighted by atomic mass is 9.85. The Balaban J connectivity index is 2.05. The van der Waals surface area contributed by atoms with Crippen molar-refractivity contribution >= 4 is 29.2 Å². The number of amides is 1. The van der Waals surface area contributed by atoms with Crippen LogP contribution in [0.15, 0.2) is 42.5 Å². The molecule has 32 heavy (non-hydrogen) atoms. The summed E-state index contributed by atoms with van der Waals surface area (Å²) in [6.45, 7) is 10.1. The molecule has 0 saturated carbocycles. The highest BCUT2D eigenvalue weighted by Crippen LogP contribution is 2.25. The summed E-state index contributed by atoms with van der Waals surface area (Å²) in [5.41, 5.74) is 1.54. The standard InChI is InChI=1S/C25H32ClFN2O3/c1-6-32-24(31)17-8-11-20(12-9-17)29-23(30)16(2)28-21(15-25(3,4)5)13-18-7-10-19(26)14-22(18)27/h7-12,14,16,21,28H,6,13,15H2,1-5H3,(H,29,30)/t16-,21-/m1/s1. The highest BCUT2D eigenvalue weighted by Gasteiger charge is 2.24. The van der Waals surface area contributed by atoms with E-state index in [9.17, 15) is 14.0 Å². The third kappa shape index (κ3) is 8.24. The molecule has 5 nitrogen and oxygen atoms in total. The molecule has 7 heteroatoms. The lowest BCUT2D eigenvalue weighted by molar-refractivity contribution is -0.118. The zero-order chi connectivity index (χ0) is 23.9. The molecular formula is C25H32ClFN2O3. The molecule has 0 aliphatic carbocycles. The van der Waals surface area contributed by atoms with Crippen molar-refractivity contribution in [1.29, 1.82) is 0 Å². The normalized spacial score (nSPS) is 13.3. The molecule has 0 saturated heterocycles. The average Bonchev–Trinajstić information content (AvgIpc) is 2.69. The van der Waals surface area contributed by atoms with E-state index in [1.165, 1.54) is 6.07 Å². The number of rotatable bonds is 9. The first-order valence-corrected chi connectivity index (χ1v) is 11.1. The monoisotopic (exact) mass is 462 g/mol. The first kappa shape index (κ1) is 25.8. The second kappa shape index (κ2) is 11.4. The number of anilines is 1. The molecule has 0 heterocycles. The minimum Gasteiger partial charge on any atom is -0.462 e. The van der Waals surface area contributed by atoms with Gasteiger partial charge in [-0.15, -0.1) is 0 Å². The molecule has 174 valence electrons. The predicted molar refractivity (Wildman–Crippen MR) is 127 cm³/mol. The van der Waals surface area contributed by atoms with Crippen LogP contribution in [-0.2, 0) is 16.0 Å². The SMILES string of the molecule is CCOC(=O)c1ccc(NC(=O)[C@@H](C)N[C@H](Cc2ccc(Cl)cc2F)CC(C)(C)C)cc1. The Kier molecular flexibility index (Phi) is 9.22. The van der Waals surface area contributed by atoms with Crippen LogP contribution < -0.4 is 10.6 Å². The van der Waals surface area contributed by atoms with E-state index in [0.717, 1.165) is 6.42 Å². The fourth-order valence-electron chi connectivity index (χ4n) is 3.47. The number of hydrogen-bond donors (Lipinski definition) is 2. The topological polar surface area (TPSA) is 67.4 Å². The van der Waals surface area contributed by atoms with Crippen LogP contribution in [0.1, 0.15) is 57.0 Å². The van der Waals surface area contributed by atoms with Crippen LogP contribution in [-0.4, -0.2) is 30.6 Å². The Morgan fingerprint density at radius 1 is 1.12 bits per heavy atom. The van der Waals surface area contributed by atoms with Crippen molar-refractivity contribution in [3.8, 4) is 0 Å². The molecule has 2 aromatic rings. The van der Waals surface area contributed by atoms with Gasteiger partial charge in [0.15, 0.2) is 0 Å². The van der Waals surface area contributed by atoms with Crippen LogP contribution >= 0.6 is 11.6 Å². The molecule has 0 aliphatic heterocycles. The van der Waals surface area contributed by atoms with E-state index < -0.39 is 12.0 Å². The van der Waals surface area contributed by atoms with Crippen molar-refractivity contribution in [3.63, 3.8) is 0 Å². The van der Waals surface area contributed by atoms with Gasteiger partial charge in [0.2, 0.25) is 5.91 Å². The van der Waals surface area contributed by atoms with Gasteiger partial charge in [-0.25, -0.2) is 9.18 Å². The van der Waals surface area contributed by atoms with Gasteiger partial charge in [0, 0.05) is 16.8 Å². The number of carbonyl (C=O) groups is 2. The number of benzene rings is 2. The molecule has 0 radical (unpaired) electrons. The number of hydrogen-bond acceptors (Lipinski definition) is 4. The Labute approximate surface area is 194 Å². The molecular weight excluding hydrogens is 431 g/mol. The highest BCUT2D eigenvalue weighted by molar-refractivity contribution is 6.30. The van der Waals surface area contributed by atoms with Crippen molar-refractivity contribution in [1.82, 2.24) is 5.32 Å². The van der Waals surface area contributed by atoms with E-state index in [1.807, 2.05) is 0 Å². The minimum atomic E-state index is -0.512. The van der Waals surface area contributed by atoms with Crippen LogP contribution in [0.25, 0.3) is 0 Å². The van der Waals surface area contributed by atoms with Gasteiger partial charge < -0.3 is 15.4 Å². The lowest BCUT2D eigenvalue weighted by Gasteiger charge is -2.29. The summed E-state index contributed by atoms with van der Waals surface area (Å²) in [6, 6.07) is 10.6. The Morgan fingerprint density at radius 3 is 2.34 bits per heavy atom. The summed E-state index contributed by atoms with van der Waals surface area (Å²) in [4.78, 5) is 24.5. The number of carbonyl (C=O) groups excluding carboxylic acids is 2. The molecule has 0 spiro atoms. The summed E-state index contributed by atoms with van der Waals surface area (Å²) < 4.78 is 19.3. The molecule has 2 N–H and O–H groups in total. The quantitative estimate of drug-likeness (QED) is 0.474. The van der Waals surface area contributed by atoms with Gasteiger partial charge in [-0.3, -0.25) is 4.79 Å². The Morgan fingerprint density at radius 2 is 1.78 bits per heavy atom. The summed E-state index contributed by atoms with van der Waals surface area (Å²) in [5.74, 6) is -0.971. The number of ether oxygens (including phenoxy) is 1. The van der Waals surface area contributed by atoms with Crippen LogP contribution in [0.4, 0.5) is 10.1 Å². The second-order valence-electron chi connectivity index (χ2n) is 9.08. The zero-order valence-electron chi connectivity index (χ0n) is 19.3. The van der Waals surface area contributed by atoms with Gasteiger partial charge in [-0.2, -0.15) is 0 Å². The molecule has 2 atom stereocenters. The van der Waals surface area contributed by atoms with Crippen molar-refractivity contribution < 1.29 is 18.7 Å². The number of halogens is 2. The molecule has 0 aliphatic rings. The summed E-state index contributed by atoms with van der Waals surface area (Å²) in [5, 5.41) is 6.54. The van der Waals surface area contributed by atoms with E-state index in [0.29, 0.717) is 34.9 Å². The van der Waals surface area contributed by atoms with E-state index in [1.54, 1.807) is 50.2 Å². The fourth-order valence-corrected chi connectivity index (χ4v) is 3.62. The molecule has 0 aromatic heterocycles. The molecule has 1 amide bonds. The van der Waals surface area contributed by atoms with Gasteiger partial charge in [0.25, 0.3) is 0 Å². The van der Waals surface area contributed by atoms with E-state index in [-0.39, 0.29) is 23.2 Å². The summed E-state index contributed by atoms with van der Waals surface area (Å²) >= 11 is 5.87. The molecule has 0 fully saturated rings. The summed E-state index contributed by atoms with van der Waals surface area (Å²) in [6.07, 6.45) is 1.19. The van der Waals surface area contributed by atoms with Crippen LogP contribution in [0.3, 0.4) is 0 Å². The van der Waals surface area contributed by atoms with Crippen LogP contribution in [0, 0.1) is 11.2 Å². The maximum atomic E-state index is 14.3. The maximum Gasteiger partial charge on any atom is 0.338 e. The molecule has 2 aromatic carbocycles. The first-order valence-electron chi connectivity index (χ1n) is 10.8. The smallest absolute Gasteiger partial charge is 0.338 e. The van der Waals surface area contributed by atoms with Gasteiger partial charge in [0.1, 0.15) is 5.82 Å². The first-order chi connectivity index (χ1) is 15.0. The van der Waals surface area contributed by atoms with E-state index in [2.05, 4.69) is 31.4 Å². The summed E-state index contributed by atoms with van der Waals surface area (Å²) in [7, 11) is 0.